The third kappa shape index (κ3) is 6.61. The zero-order chi connectivity index (χ0) is 36.0. The molecule has 51 heavy (non-hydrogen) atoms. The fourth-order valence-electron chi connectivity index (χ4n) is 6.58. The lowest BCUT2D eigenvalue weighted by atomic mass is 9.95. The number of benzene rings is 3. The highest BCUT2D eigenvalue weighted by atomic mass is 79.9. The number of aromatic nitrogens is 1. The van der Waals surface area contributed by atoms with Crippen LogP contribution < -0.4 is 10.2 Å². The first-order valence-corrected chi connectivity index (χ1v) is 17.3. The van der Waals surface area contributed by atoms with E-state index < -0.39 is 35.4 Å². The van der Waals surface area contributed by atoms with Gasteiger partial charge in [-0.2, -0.15) is 0 Å². The monoisotopic (exact) mass is 780 g/mol. The number of ether oxygens (including phenoxy) is 1. The van der Waals surface area contributed by atoms with E-state index in [0.29, 0.717) is 51.9 Å². The smallest absolute Gasteiger partial charge is 0.338 e. The van der Waals surface area contributed by atoms with E-state index in [1.807, 2.05) is 0 Å². The van der Waals surface area contributed by atoms with Crippen LogP contribution in [0.5, 0.6) is 0 Å². The van der Waals surface area contributed by atoms with E-state index >= 15 is 4.39 Å². The van der Waals surface area contributed by atoms with Crippen LogP contribution in [-0.4, -0.2) is 89.6 Å². The molecule has 2 N–H and O–H groups in total. The summed E-state index contributed by atoms with van der Waals surface area (Å²) in [5.74, 6) is -3.56. The first-order chi connectivity index (χ1) is 24.5. The number of carboxylic acids is 1. The maximum absolute atomic E-state index is 15.4. The lowest BCUT2D eigenvalue weighted by molar-refractivity contribution is -0.136. The molecule has 7 rings (SSSR count). The fraction of sp³-hybridized carbons (Fsp3) is 0.229. The molecular formula is C35H28BrF3N6O5S. The Morgan fingerprint density at radius 1 is 1.04 bits per heavy atom. The molecular weight excluding hydrogens is 753 g/mol. The van der Waals surface area contributed by atoms with E-state index in [2.05, 4.69) is 31.1 Å². The van der Waals surface area contributed by atoms with Gasteiger partial charge in [0.15, 0.2) is 10.8 Å². The number of anilines is 1. The molecule has 16 heteroatoms. The van der Waals surface area contributed by atoms with E-state index in [1.165, 1.54) is 65.8 Å². The van der Waals surface area contributed by atoms with Crippen LogP contribution in [-0.2, 0) is 9.53 Å². The minimum absolute atomic E-state index is 0.0648. The van der Waals surface area contributed by atoms with Crippen molar-refractivity contribution < 1.29 is 37.4 Å². The summed E-state index contributed by atoms with van der Waals surface area (Å²) < 4.78 is 49.8. The van der Waals surface area contributed by atoms with Crippen molar-refractivity contribution in [2.24, 2.45) is 4.99 Å². The predicted molar refractivity (Wildman–Crippen MR) is 186 cm³/mol. The summed E-state index contributed by atoms with van der Waals surface area (Å²) in [4.78, 5) is 52.6. The van der Waals surface area contributed by atoms with Gasteiger partial charge in [-0.05, 0) is 48.0 Å². The molecule has 11 nitrogen and oxygen atoms in total. The molecule has 0 bridgehead atoms. The number of carboxylic acid groups (broad SMARTS) is 1. The molecule has 3 aliphatic rings. The van der Waals surface area contributed by atoms with Gasteiger partial charge in [0, 0.05) is 71.3 Å². The van der Waals surface area contributed by atoms with Crippen molar-refractivity contribution >= 4 is 56.8 Å². The molecule has 2 unspecified atom stereocenters. The molecule has 0 spiro atoms. The number of amidine groups is 1. The molecule has 3 aliphatic heterocycles. The molecule has 1 aromatic heterocycles. The zero-order valence-corrected chi connectivity index (χ0v) is 29.2. The highest BCUT2D eigenvalue weighted by Crippen LogP contribution is 2.38. The number of rotatable bonds is 8. The van der Waals surface area contributed by atoms with Gasteiger partial charge >= 0.3 is 18.0 Å². The summed E-state index contributed by atoms with van der Waals surface area (Å²) >= 11 is 4.80. The third-order valence-electron chi connectivity index (χ3n) is 9.01. The number of hydrogen-bond acceptors (Lipinski definition) is 9. The normalized spacial score (nSPS) is 19.2. The number of nitrogens with zero attached hydrogens (tertiary/aromatic N) is 5. The Labute approximate surface area is 301 Å². The SMILES string of the molecule is COC(=O)C1=C(CN2CCN3C(=O)N(c4ccc(-c5ccc(C(=O)O)cc5F)c(F)c4)CC3C2)NC(c2nccs2)=NC1c1ccc(F)cc1Br. The van der Waals surface area contributed by atoms with E-state index in [4.69, 9.17) is 14.8 Å². The lowest BCUT2D eigenvalue weighted by Gasteiger charge is -2.38. The minimum Gasteiger partial charge on any atom is -0.478 e. The van der Waals surface area contributed by atoms with Crippen molar-refractivity contribution in [2.75, 3.05) is 44.7 Å². The van der Waals surface area contributed by atoms with E-state index in [1.54, 1.807) is 22.5 Å². The molecule has 2 fully saturated rings. The molecule has 3 aromatic carbocycles. The van der Waals surface area contributed by atoms with E-state index in [9.17, 15) is 23.2 Å². The van der Waals surface area contributed by atoms with Gasteiger partial charge in [-0.3, -0.25) is 14.8 Å². The molecule has 262 valence electrons. The van der Waals surface area contributed by atoms with Crippen molar-refractivity contribution in [3.05, 3.63) is 116 Å². The van der Waals surface area contributed by atoms with Gasteiger partial charge in [0.1, 0.15) is 23.5 Å². The van der Waals surface area contributed by atoms with Crippen LogP contribution in [0.1, 0.15) is 27.0 Å². The number of halogens is 4. The Morgan fingerprint density at radius 2 is 1.80 bits per heavy atom. The number of hydrogen-bond donors (Lipinski definition) is 2. The number of fused-ring (bicyclic) bond motifs is 1. The number of aromatic carboxylic acids is 1. The van der Waals surface area contributed by atoms with E-state index in [0.717, 1.165) is 6.07 Å². The third-order valence-corrected chi connectivity index (χ3v) is 10.5. The van der Waals surface area contributed by atoms with Gasteiger partial charge < -0.3 is 20.1 Å². The average Bonchev–Trinajstić information content (AvgIpc) is 3.76. The Balaban J connectivity index is 1.13. The Kier molecular flexibility index (Phi) is 9.39. The molecule has 2 saturated heterocycles. The van der Waals surface area contributed by atoms with Gasteiger partial charge in [-0.1, -0.05) is 28.1 Å². The summed E-state index contributed by atoms with van der Waals surface area (Å²) in [6.07, 6.45) is 1.64. The number of carbonyl (C=O) groups excluding carboxylic acids is 2. The van der Waals surface area contributed by atoms with E-state index in [-0.39, 0.29) is 47.4 Å². The largest absolute Gasteiger partial charge is 0.478 e. The maximum Gasteiger partial charge on any atom is 0.338 e. The topological polar surface area (TPSA) is 128 Å². The average molecular weight is 782 g/mol. The van der Waals surface area contributed by atoms with Crippen molar-refractivity contribution in [1.82, 2.24) is 20.1 Å². The number of aliphatic imine (C=N–C) groups is 1. The van der Waals surface area contributed by atoms with Gasteiger partial charge in [0.05, 0.1) is 24.3 Å². The standard InChI is InChI=1S/C35H28BrF3N6O5S/c1-50-34(48)29-28(41-31(32-40-8-11-51-32)42-30(29)24-6-3-19(37)13-25(24)36)17-43-9-10-44-21(15-43)16-45(35(44)49)20-4-7-23(27(39)14-20)22-5-2-18(33(46)47)12-26(22)38/h2-8,11-14,21,30H,9-10,15-17H2,1H3,(H,41,42)(H,46,47). The number of esters is 1. The number of methoxy groups -OCH3 is 1. The number of piperazine rings is 1. The van der Waals surface area contributed by atoms with Crippen LogP contribution >= 0.6 is 27.3 Å². The molecule has 2 atom stereocenters. The summed E-state index contributed by atoms with van der Waals surface area (Å²) in [5, 5.41) is 14.8. The van der Waals surface area contributed by atoms with Crippen LogP contribution in [0.15, 0.2) is 86.9 Å². The summed E-state index contributed by atoms with van der Waals surface area (Å²) in [6.45, 7) is 1.77. The second kappa shape index (κ2) is 13.9. The molecule has 2 amide bonds. The van der Waals surface area contributed by atoms with Gasteiger partial charge in [-0.25, -0.2) is 32.5 Å². The van der Waals surface area contributed by atoms with Gasteiger partial charge in [-0.15, -0.1) is 11.3 Å². The number of carbonyl (C=O) groups is 3. The summed E-state index contributed by atoms with van der Waals surface area (Å²) in [5.41, 5.74) is 1.22. The summed E-state index contributed by atoms with van der Waals surface area (Å²) in [6, 6.07) is 10.1. The number of thiazole rings is 1. The number of nitrogens with one attached hydrogen (secondary N) is 1. The van der Waals surface area contributed by atoms with Crippen LogP contribution in [0.3, 0.4) is 0 Å². The minimum atomic E-state index is -1.30. The predicted octanol–water partition coefficient (Wildman–Crippen LogP) is 5.83. The Morgan fingerprint density at radius 3 is 2.47 bits per heavy atom. The molecule has 4 aromatic rings. The Bertz CT molecular complexity index is 2130. The molecule has 4 heterocycles. The molecule has 0 aliphatic carbocycles. The second-order valence-corrected chi connectivity index (χ2v) is 13.8. The zero-order valence-electron chi connectivity index (χ0n) is 26.8. The van der Waals surface area contributed by atoms with Crippen LogP contribution in [0, 0.1) is 17.5 Å². The van der Waals surface area contributed by atoms with Crippen molar-refractivity contribution in [1.29, 1.82) is 0 Å². The van der Waals surface area contributed by atoms with Crippen molar-refractivity contribution in [3.8, 4) is 11.1 Å². The van der Waals surface area contributed by atoms with Gasteiger partial charge in [0.25, 0.3) is 0 Å². The highest BCUT2D eigenvalue weighted by molar-refractivity contribution is 9.10. The highest BCUT2D eigenvalue weighted by Gasteiger charge is 2.42. The number of amides is 2. The second-order valence-electron chi connectivity index (χ2n) is 12.0. The quantitative estimate of drug-likeness (QED) is 0.214. The summed E-state index contributed by atoms with van der Waals surface area (Å²) in [7, 11) is 1.28. The maximum atomic E-state index is 15.4. The van der Waals surface area contributed by atoms with Crippen LogP contribution in [0.25, 0.3) is 11.1 Å². The lowest BCUT2D eigenvalue weighted by Crippen LogP contribution is -2.53. The molecule has 0 radical (unpaired) electrons. The molecule has 0 saturated carbocycles. The number of urea groups is 1. The first-order valence-electron chi connectivity index (χ1n) is 15.7. The first kappa shape index (κ1) is 34.4. The van der Waals surface area contributed by atoms with Gasteiger partial charge in [0.2, 0.25) is 0 Å². The Hall–Kier alpha value is -5.06. The van der Waals surface area contributed by atoms with Crippen molar-refractivity contribution in [2.45, 2.75) is 12.1 Å². The van der Waals surface area contributed by atoms with Crippen LogP contribution in [0.4, 0.5) is 23.7 Å². The van der Waals surface area contributed by atoms with Crippen LogP contribution in [0.2, 0.25) is 0 Å². The fourth-order valence-corrected chi connectivity index (χ4v) is 7.74. The van der Waals surface area contributed by atoms with Crippen molar-refractivity contribution in [3.63, 3.8) is 0 Å².